The predicted octanol–water partition coefficient (Wildman–Crippen LogP) is 3.35. The molecule has 0 unspecified atom stereocenters. The van der Waals surface area contributed by atoms with Crippen LogP contribution in [0.2, 0.25) is 0 Å². The summed E-state index contributed by atoms with van der Waals surface area (Å²) in [4.78, 5) is 4.70. The fourth-order valence-electron chi connectivity index (χ4n) is 2.20. The van der Waals surface area contributed by atoms with Gasteiger partial charge in [0.25, 0.3) is 0 Å². The molecule has 0 aliphatic heterocycles. The first-order valence-electron chi connectivity index (χ1n) is 6.04. The van der Waals surface area contributed by atoms with E-state index in [4.69, 9.17) is 4.98 Å². The lowest BCUT2D eigenvalue weighted by molar-refractivity contribution is 0.865. The van der Waals surface area contributed by atoms with Gasteiger partial charge >= 0.3 is 0 Å². The largest absolute Gasteiger partial charge is 0.251 e. The molecule has 2 aromatic heterocycles. The third-order valence-corrected chi connectivity index (χ3v) is 3.17. The first-order chi connectivity index (χ1) is 8.65. The average Bonchev–Trinajstić information content (AvgIpc) is 2.76. The van der Waals surface area contributed by atoms with Gasteiger partial charge in [0.15, 0.2) is 0 Å². The zero-order valence-electron chi connectivity index (χ0n) is 10.8. The van der Waals surface area contributed by atoms with Gasteiger partial charge in [0, 0.05) is 11.6 Å². The van der Waals surface area contributed by atoms with Gasteiger partial charge in [-0.3, -0.25) is 4.98 Å². The predicted molar refractivity (Wildman–Crippen MR) is 73.1 cm³/mol. The van der Waals surface area contributed by atoms with Gasteiger partial charge in [-0.05, 0) is 38.0 Å². The van der Waals surface area contributed by atoms with Gasteiger partial charge in [-0.25, -0.2) is 4.68 Å². The number of hydrogen-bond donors (Lipinski definition) is 0. The van der Waals surface area contributed by atoms with E-state index in [-0.39, 0.29) is 0 Å². The van der Waals surface area contributed by atoms with E-state index in [0.717, 1.165) is 27.8 Å². The van der Waals surface area contributed by atoms with Gasteiger partial charge < -0.3 is 0 Å². The van der Waals surface area contributed by atoms with E-state index in [2.05, 4.69) is 36.3 Å². The maximum atomic E-state index is 4.70. The lowest BCUT2D eigenvalue weighted by Gasteiger charge is -2.08. The van der Waals surface area contributed by atoms with Crippen molar-refractivity contribution in [3.05, 3.63) is 53.5 Å². The van der Waals surface area contributed by atoms with Gasteiger partial charge in [0.05, 0.1) is 23.1 Å². The summed E-state index contributed by atoms with van der Waals surface area (Å²) in [5.41, 5.74) is 5.47. The molecule has 3 rings (SSSR count). The van der Waals surface area contributed by atoms with Crippen molar-refractivity contribution in [2.75, 3.05) is 0 Å². The second-order valence-corrected chi connectivity index (χ2v) is 4.70. The SMILES string of the molecule is Cc1cnn(-c2cc3cccc(C)c3nc2C)c1. The van der Waals surface area contributed by atoms with Gasteiger partial charge in [-0.2, -0.15) is 5.10 Å². The third-order valence-electron chi connectivity index (χ3n) is 3.17. The zero-order valence-corrected chi connectivity index (χ0v) is 10.8. The van der Waals surface area contributed by atoms with Gasteiger partial charge in [0.2, 0.25) is 0 Å². The zero-order chi connectivity index (χ0) is 12.7. The number of hydrogen-bond acceptors (Lipinski definition) is 2. The summed E-state index contributed by atoms with van der Waals surface area (Å²) < 4.78 is 1.89. The molecule has 3 heteroatoms. The Labute approximate surface area is 106 Å². The average molecular weight is 237 g/mol. The molecule has 3 nitrogen and oxygen atoms in total. The van der Waals surface area contributed by atoms with Crippen LogP contribution in [-0.4, -0.2) is 14.8 Å². The molecule has 0 atom stereocenters. The highest BCUT2D eigenvalue weighted by molar-refractivity contribution is 5.83. The van der Waals surface area contributed by atoms with Crippen LogP contribution in [0.1, 0.15) is 16.8 Å². The number of para-hydroxylation sites is 1. The number of pyridine rings is 1. The van der Waals surface area contributed by atoms with E-state index in [0.29, 0.717) is 0 Å². The minimum absolute atomic E-state index is 1.000. The minimum Gasteiger partial charge on any atom is -0.251 e. The number of aryl methyl sites for hydroxylation is 3. The number of rotatable bonds is 1. The minimum atomic E-state index is 1.000. The van der Waals surface area contributed by atoms with Crippen LogP contribution in [-0.2, 0) is 0 Å². The van der Waals surface area contributed by atoms with Crippen LogP contribution in [0.25, 0.3) is 16.6 Å². The Morgan fingerprint density at radius 2 is 1.94 bits per heavy atom. The molecule has 0 aliphatic carbocycles. The summed E-state index contributed by atoms with van der Waals surface area (Å²) in [6, 6.07) is 8.39. The lowest BCUT2D eigenvalue weighted by Crippen LogP contribution is -2.00. The van der Waals surface area contributed by atoms with E-state index in [1.54, 1.807) is 0 Å². The highest BCUT2D eigenvalue weighted by Crippen LogP contribution is 2.21. The molecule has 0 radical (unpaired) electrons. The van der Waals surface area contributed by atoms with Crippen LogP contribution in [0.15, 0.2) is 36.7 Å². The van der Waals surface area contributed by atoms with Crippen LogP contribution >= 0.6 is 0 Å². The van der Waals surface area contributed by atoms with Crippen molar-refractivity contribution < 1.29 is 0 Å². The quantitative estimate of drug-likeness (QED) is 0.650. The molecule has 1 aromatic carbocycles. The van der Waals surface area contributed by atoms with Crippen molar-refractivity contribution in [1.82, 2.24) is 14.8 Å². The first-order valence-corrected chi connectivity index (χ1v) is 6.04. The maximum Gasteiger partial charge on any atom is 0.0864 e. The summed E-state index contributed by atoms with van der Waals surface area (Å²) in [6.45, 7) is 6.15. The van der Waals surface area contributed by atoms with Gasteiger partial charge in [0.1, 0.15) is 0 Å². The molecule has 0 bridgehead atoms. The van der Waals surface area contributed by atoms with Crippen molar-refractivity contribution in [2.45, 2.75) is 20.8 Å². The number of fused-ring (bicyclic) bond motifs is 1. The second kappa shape index (κ2) is 3.95. The van der Waals surface area contributed by atoms with Crippen LogP contribution < -0.4 is 0 Å². The van der Waals surface area contributed by atoms with E-state index in [9.17, 15) is 0 Å². The normalized spacial score (nSPS) is 11.1. The number of benzene rings is 1. The Hall–Kier alpha value is -2.16. The molecular weight excluding hydrogens is 222 g/mol. The Morgan fingerprint density at radius 3 is 2.67 bits per heavy atom. The molecular formula is C15H15N3. The Balaban J connectivity index is 2.28. The maximum absolute atomic E-state index is 4.70. The highest BCUT2D eigenvalue weighted by Gasteiger charge is 2.07. The van der Waals surface area contributed by atoms with Crippen LogP contribution in [0.5, 0.6) is 0 Å². The van der Waals surface area contributed by atoms with E-state index < -0.39 is 0 Å². The molecule has 0 N–H and O–H groups in total. The van der Waals surface area contributed by atoms with Crippen molar-refractivity contribution in [3.8, 4) is 5.69 Å². The second-order valence-electron chi connectivity index (χ2n) is 4.70. The highest BCUT2D eigenvalue weighted by atomic mass is 15.3. The molecule has 0 spiro atoms. The summed E-state index contributed by atoms with van der Waals surface area (Å²) in [5.74, 6) is 0. The monoisotopic (exact) mass is 237 g/mol. The summed E-state index contributed by atoms with van der Waals surface area (Å²) in [7, 11) is 0. The van der Waals surface area contributed by atoms with E-state index in [1.165, 1.54) is 5.56 Å². The molecule has 0 saturated carbocycles. The smallest absolute Gasteiger partial charge is 0.0864 e. The molecule has 0 aliphatic rings. The first kappa shape index (κ1) is 11.0. The van der Waals surface area contributed by atoms with Crippen molar-refractivity contribution in [2.24, 2.45) is 0 Å². The van der Waals surface area contributed by atoms with Crippen molar-refractivity contribution in [3.63, 3.8) is 0 Å². The summed E-state index contributed by atoms with van der Waals surface area (Å²) >= 11 is 0. The van der Waals surface area contributed by atoms with Crippen LogP contribution in [0.4, 0.5) is 0 Å². The third kappa shape index (κ3) is 1.68. The van der Waals surface area contributed by atoms with Gasteiger partial charge in [-0.15, -0.1) is 0 Å². The van der Waals surface area contributed by atoms with Gasteiger partial charge in [-0.1, -0.05) is 18.2 Å². The fourth-order valence-corrected chi connectivity index (χ4v) is 2.20. The Bertz CT molecular complexity index is 726. The van der Waals surface area contributed by atoms with E-state index in [1.807, 2.05) is 30.9 Å². The van der Waals surface area contributed by atoms with Crippen molar-refractivity contribution in [1.29, 1.82) is 0 Å². The Kier molecular flexibility index (Phi) is 2.40. The lowest BCUT2D eigenvalue weighted by atomic mass is 10.1. The topological polar surface area (TPSA) is 30.7 Å². The van der Waals surface area contributed by atoms with E-state index >= 15 is 0 Å². The molecule has 0 saturated heterocycles. The summed E-state index contributed by atoms with van der Waals surface area (Å²) in [5, 5.41) is 5.51. The van der Waals surface area contributed by atoms with Crippen LogP contribution in [0, 0.1) is 20.8 Å². The molecule has 90 valence electrons. The molecule has 2 heterocycles. The molecule has 0 fully saturated rings. The molecule has 18 heavy (non-hydrogen) atoms. The van der Waals surface area contributed by atoms with Crippen LogP contribution in [0.3, 0.4) is 0 Å². The van der Waals surface area contributed by atoms with Crippen molar-refractivity contribution >= 4 is 10.9 Å². The number of aromatic nitrogens is 3. The Morgan fingerprint density at radius 1 is 1.11 bits per heavy atom. The number of nitrogens with zero attached hydrogens (tertiary/aromatic N) is 3. The standard InChI is InChI=1S/C15H15N3/c1-10-8-16-18(9-10)14-7-13-6-4-5-11(2)15(13)17-12(14)3/h4-9H,1-3H3. The fraction of sp³-hybridized carbons (Fsp3) is 0.200. The molecule has 3 aromatic rings. The summed E-state index contributed by atoms with van der Waals surface area (Å²) in [6.07, 6.45) is 3.88. The molecule has 0 amide bonds.